The molecule has 1 aromatic carbocycles. The fourth-order valence-corrected chi connectivity index (χ4v) is 4.52. The van der Waals surface area contributed by atoms with Crippen molar-refractivity contribution in [2.45, 2.75) is 57.9 Å². The van der Waals surface area contributed by atoms with Crippen molar-refractivity contribution in [1.82, 2.24) is 25.0 Å². The second-order valence-electron chi connectivity index (χ2n) is 8.23. The highest BCUT2D eigenvalue weighted by Gasteiger charge is 2.29. The van der Waals surface area contributed by atoms with Crippen LogP contribution in [0.5, 0.6) is 5.75 Å². The zero-order chi connectivity index (χ0) is 21.6. The van der Waals surface area contributed by atoms with Gasteiger partial charge in [-0.2, -0.15) is 0 Å². The normalized spacial score (nSPS) is 18.7. The summed E-state index contributed by atoms with van der Waals surface area (Å²) in [4.78, 5) is 27.3. The second-order valence-corrected chi connectivity index (χ2v) is 8.23. The first-order valence-electron chi connectivity index (χ1n) is 11.4. The van der Waals surface area contributed by atoms with Gasteiger partial charge in [0.1, 0.15) is 17.4 Å². The Morgan fingerprint density at radius 3 is 2.87 bits per heavy atom. The molecule has 8 nitrogen and oxygen atoms in total. The quantitative estimate of drug-likeness (QED) is 0.768. The third-order valence-corrected chi connectivity index (χ3v) is 6.11. The topological polar surface area (TPSA) is 89.3 Å². The van der Waals surface area contributed by atoms with Crippen LogP contribution in [0.2, 0.25) is 0 Å². The van der Waals surface area contributed by atoms with Gasteiger partial charge in [-0.3, -0.25) is 9.59 Å². The van der Waals surface area contributed by atoms with Crippen molar-refractivity contribution >= 4 is 11.8 Å². The molecule has 1 N–H and O–H groups in total. The minimum atomic E-state index is -0.297. The van der Waals surface area contributed by atoms with E-state index in [1.54, 1.807) is 18.2 Å². The maximum Gasteiger partial charge on any atom is 0.255 e. The zero-order valence-corrected chi connectivity index (χ0v) is 18.2. The molecule has 1 atom stereocenters. The molecular formula is C23H31N5O3. The van der Waals surface area contributed by atoms with E-state index >= 15 is 0 Å². The van der Waals surface area contributed by atoms with E-state index in [0.717, 1.165) is 43.9 Å². The number of carbonyl (C=O) groups is 2. The van der Waals surface area contributed by atoms with Gasteiger partial charge >= 0.3 is 0 Å². The van der Waals surface area contributed by atoms with Gasteiger partial charge in [-0.15, -0.1) is 10.2 Å². The molecule has 0 aliphatic carbocycles. The van der Waals surface area contributed by atoms with Crippen molar-refractivity contribution in [3.63, 3.8) is 0 Å². The van der Waals surface area contributed by atoms with Crippen molar-refractivity contribution in [2.75, 3.05) is 26.2 Å². The molecule has 0 saturated carbocycles. The SMILES string of the molecule is CCOc1ccccc1C(=O)NCC(=O)N1CCC[C@@H](c2nnc3n2CCCCC3)C1. The Morgan fingerprint density at radius 2 is 2.00 bits per heavy atom. The van der Waals surface area contributed by atoms with Crippen molar-refractivity contribution < 1.29 is 14.3 Å². The summed E-state index contributed by atoms with van der Waals surface area (Å²) >= 11 is 0. The molecule has 1 fully saturated rings. The molecule has 1 saturated heterocycles. The summed E-state index contributed by atoms with van der Waals surface area (Å²) < 4.78 is 7.80. The largest absolute Gasteiger partial charge is 0.493 e. The molecule has 0 bridgehead atoms. The molecule has 0 radical (unpaired) electrons. The molecule has 1 aromatic heterocycles. The van der Waals surface area contributed by atoms with Gasteiger partial charge in [-0.1, -0.05) is 18.6 Å². The minimum Gasteiger partial charge on any atom is -0.493 e. The van der Waals surface area contributed by atoms with Crippen LogP contribution < -0.4 is 10.1 Å². The first-order valence-corrected chi connectivity index (χ1v) is 11.4. The maximum absolute atomic E-state index is 12.8. The molecule has 31 heavy (non-hydrogen) atoms. The lowest BCUT2D eigenvalue weighted by Crippen LogP contribution is -2.45. The number of amides is 2. The van der Waals surface area contributed by atoms with Crippen molar-refractivity contribution in [3.8, 4) is 5.75 Å². The van der Waals surface area contributed by atoms with Crippen LogP contribution in [-0.2, 0) is 17.8 Å². The number of para-hydroxylation sites is 1. The molecular weight excluding hydrogens is 394 g/mol. The monoisotopic (exact) mass is 425 g/mol. The van der Waals surface area contributed by atoms with Gasteiger partial charge < -0.3 is 19.5 Å². The van der Waals surface area contributed by atoms with E-state index in [4.69, 9.17) is 4.74 Å². The number of likely N-dealkylation sites (tertiary alicyclic amines) is 1. The molecule has 2 aliphatic rings. The Hall–Kier alpha value is -2.90. The van der Waals surface area contributed by atoms with Crippen LogP contribution in [0, 0.1) is 0 Å². The Kier molecular flexibility index (Phi) is 6.84. The smallest absolute Gasteiger partial charge is 0.255 e. The number of benzene rings is 1. The van der Waals surface area contributed by atoms with Crippen molar-refractivity contribution in [1.29, 1.82) is 0 Å². The Bertz CT molecular complexity index is 926. The highest BCUT2D eigenvalue weighted by Crippen LogP contribution is 2.28. The zero-order valence-electron chi connectivity index (χ0n) is 18.2. The lowest BCUT2D eigenvalue weighted by molar-refractivity contribution is -0.131. The van der Waals surface area contributed by atoms with E-state index < -0.39 is 0 Å². The molecule has 3 heterocycles. The van der Waals surface area contributed by atoms with Crippen LogP contribution in [0.4, 0.5) is 0 Å². The minimum absolute atomic E-state index is 0.0239. The molecule has 166 valence electrons. The van der Waals surface area contributed by atoms with Gasteiger partial charge in [0.05, 0.1) is 18.7 Å². The Morgan fingerprint density at radius 1 is 1.13 bits per heavy atom. The summed E-state index contributed by atoms with van der Waals surface area (Å²) in [5, 5.41) is 11.7. The molecule has 8 heteroatoms. The Labute approximate surface area is 183 Å². The summed E-state index contributed by atoms with van der Waals surface area (Å²) in [6.07, 6.45) is 6.47. The summed E-state index contributed by atoms with van der Waals surface area (Å²) in [6, 6.07) is 7.08. The fourth-order valence-electron chi connectivity index (χ4n) is 4.52. The molecule has 2 aromatic rings. The van der Waals surface area contributed by atoms with Gasteiger partial charge in [0.25, 0.3) is 5.91 Å². The third-order valence-electron chi connectivity index (χ3n) is 6.11. The summed E-state index contributed by atoms with van der Waals surface area (Å²) in [7, 11) is 0. The van der Waals surface area contributed by atoms with E-state index in [2.05, 4.69) is 20.1 Å². The van der Waals surface area contributed by atoms with Crippen LogP contribution in [0.3, 0.4) is 0 Å². The summed E-state index contributed by atoms with van der Waals surface area (Å²) in [5.41, 5.74) is 0.444. The van der Waals surface area contributed by atoms with Gasteiger partial charge in [-0.25, -0.2) is 0 Å². The molecule has 4 rings (SSSR count). The van der Waals surface area contributed by atoms with Crippen LogP contribution >= 0.6 is 0 Å². The van der Waals surface area contributed by atoms with E-state index in [0.29, 0.717) is 31.0 Å². The standard InChI is InChI=1S/C23H31N5O3/c1-2-31-19-11-6-5-10-18(19)23(30)24-15-21(29)27-13-8-9-17(16-27)22-26-25-20-12-4-3-7-14-28(20)22/h5-6,10-11,17H,2-4,7-9,12-16H2,1H3,(H,24,30)/t17-/m1/s1. The van der Waals surface area contributed by atoms with Gasteiger partial charge in [-0.05, 0) is 44.7 Å². The highest BCUT2D eigenvalue weighted by molar-refractivity contribution is 5.98. The number of aryl methyl sites for hydroxylation is 1. The van der Waals surface area contributed by atoms with Crippen LogP contribution in [0.1, 0.15) is 67.0 Å². The number of hydrogen-bond acceptors (Lipinski definition) is 5. The highest BCUT2D eigenvalue weighted by atomic mass is 16.5. The van der Waals surface area contributed by atoms with Crippen LogP contribution in [-0.4, -0.2) is 57.7 Å². The second kappa shape index (κ2) is 9.94. The molecule has 0 spiro atoms. The molecule has 2 amide bonds. The average molecular weight is 426 g/mol. The fraction of sp³-hybridized carbons (Fsp3) is 0.565. The van der Waals surface area contributed by atoms with E-state index in [9.17, 15) is 9.59 Å². The van der Waals surface area contributed by atoms with Crippen LogP contribution in [0.25, 0.3) is 0 Å². The number of nitrogens with one attached hydrogen (secondary N) is 1. The molecule has 0 unspecified atom stereocenters. The average Bonchev–Trinajstić information content (AvgIpc) is 3.06. The van der Waals surface area contributed by atoms with Gasteiger partial charge in [0.2, 0.25) is 5.91 Å². The van der Waals surface area contributed by atoms with Crippen molar-refractivity contribution in [2.24, 2.45) is 0 Å². The number of rotatable bonds is 6. The number of aromatic nitrogens is 3. The number of fused-ring (bicyclic) bond motifs is 1. The van der Waals surface area contributed by atoms with Gasteiger partial charge in [0.15, 0.2) is 0 Å². The lowest BCUT2D eigenvalue weighted by Gasteiger charge is -2.32. The van der Waals surface area contributed by atoms with E-state index in [1.165, 1.54) is 12.8 Å². The van der Waals surface area contributed by atoms with E-state index in [1.807, 2.05) is 17.9 Å². The first kappa shape index (κ1) is 21.3. The predicted octanol–water partition coefficient (Wildman–Crippen LogP) is 2.54. The number of nitrogens with zero attached hydrogens (tertiary/aromatic N) is 4. The maximum atomic E-state index is 12.8. The predicted molar refractivity (Wildman–Crippen MR) is 116 cm³/mol. The van der Waals surface area contributed by atoms with Gasteiger partial charge in [0, 0.05) is 32.0 Å². The first-order chi connectivity index (χ1) is 15.2. The molecule has 2 aliphatic heterocycles. The summed E-state index contributed by atoms with van der Waals surface area (Å²) in [6.45, 7) is 4.63. The summed E-state index contributed by atoms with van der Waals surface area (Å²) in [5.74, 6) is 2.46. The number of piperidine rings is 1. The number of ether oxygens (including phenoxy) is 1. The van der Waals surface area contributed by atoms with Crippen LogP contribution in [0.15, 0.2) is 24.3 Å². The number of carbonyl (C=O) groups excluding carboxylic acids is 2. The lowest BCUT2D eigenvalue weighted by atomic mass is 9.97. The third kappa shape index (κ3) is 4.89. The van der Waals surface area contributed by atoms with Crippen molar-refractivity contribution in [3.05, 3.63) is 41.5 Å². The van der Waals surface area contributed by atoms with E-state index in [-0.39, 0.29) is 24.3 Å². The Balaban J connectivity index is 1.36. The number of hydrogen-bond donors (Lipinski definition) is 1.